The molecule has 2 atom stereocenters. The lowest BCUT2D eigenvalue weighted by Crippen LogP contribution is -2.42. The van der Waals surface area contributed by atoms with Crippen LogP contribution in [0.25, 0.3) is 0 Å². The van der Waals surface area contributed by atoms with E-state index in [9.17, 15) is 4.79 Å². The molecule has 2 aliphatic heterocycles. The number of aromatic nitrogens is 2. The summed E-state index contributed by atoms with van der Waals surface area (Å²) in [6.45, 7) is 2.40. The van der Waals surface area contributed by atoms with Crippen molar-refractivity contribution in [1.29, 1.82) is 0 Å². The monoisotopic (exact) mass is 276 g/mol. The van der Waals surface area contributed by atoms with Crippen LogP contribution in [0, 0.1) is 0 Å². The zero-order chi connectivity index (χ0) is 13.9. The maximum atomic E-state index is 11.4. The maximum Gasteiger partial charge on any atom is 0.376 e. The quantitative estimate of drug-likeness (QED) is 0.839. The number of carbonyl (C=O) groups is 1. The molecule has 0 aromatic carbocycles. The molecule has 0 radical (unpaired) electrons. The lowest BCUT2D eigenvalue weighted by atomic mass is 9.97. The van der Waals surface area contributed by atoms with E-state index in [2.05, 4.69) is 24.9 Å². The largest absolute Gasteiger partial charge is 0.463 e. The zero-order valence-corrected chi connectivity index (χ0v) is 11.7. The Kier molecular flexibility index (Phi) is 3.82. The highest BCUT2D eigenvalue weighted by Crippen LogP contribution is 2.28. The summed E-state index contributed by atoms with van der Waals surface area (Å²) < 4.78 is 4.64. The Bertz CT molecular complexity index is 494. The summed E-state index contributed by atoms with van der Waals surface area (Å²) in [7, 11) is 1.33. The first-order chi connectivity index (χ1) is 9.76. The van der Waals surface area contributed by atoms with Gasteiger partial charge in [-0.1, -0.05) is 0 Å². The number of piperidine rings is 1. The molecule has 3 rings (SSSR count). The molecule has 108 valence electrons. The van der Waals surface area contributed by atoms with Gasteiger partial charge in [0.15, 0.2) is 0 Å². The van der Waals surface area contributed by atoms with Crippen molar-refractivity contribution in [3.8, 4) is 0 Å². The van der Waals surface area contributed by atoms with E-state index in [0.717, 1.165) is 19.4 Å². The van der Waals surface area contributed by atoms with Gasteiger partial charge < -0.3 is 15.0 Å². The molecule has 3 heterocycles. The molecule has 2 saturated heterocycles. The maximum absolute atomic E-state index is 11.4. The van der Waals surface area contributed by atoms with Crippen LogP contribution < -0.4 is 5.32 Å². The van der Waals surface area contributed by atoms with E-state index in [1.165, 1.54) is 26.5 Å². The minimum atomic E-state index is -0.501. The van der Waals surface area contributed by atoms with Crippen LogP contribution in [0.1, 0.15) is 36.3 Å². The van der Waals surface area contributed by atoms with Crippen LogP contribution in [-0.4, -0.2) is 53.1 Å². The summed E-state index contributed by atoms with van der Waals surface area (Å²) in [6, 6.07) is 2.94. The van der Waals surface area contributed by atoms with Crippen LogP contribution in [0.2, 0.25) is 0 Å². The molecule has 1 N–H and O–H groups in total. The molecular weight excluding hydrogens is 256 g/mol. The van der Waals surface area contributed by atoms with Gasteiger partial charge in [-0.3, -0.25) is 0 Å². The van der Waals surface area contributed by atoms with Gasteiger partial charge in [0.2, 0.25) is 5.82 Å². The molecule has 20 heavy (non-hydrogen) atoms. The number of methoxy groups -OCH3 is 1. The number of hydrogen-bond donors (Lipinski definition) is 1. The third kappa shape index (κ3) is 2.75. The molecule has 0 amide bonds. The molecule has 2 aliphatic rings. The highest BCUT2D eigenvalue weighted by atomic mass is 16.5. The van der Waals surface area contributed by atoms with E-state index in [-0.39, 0.29) is 5.82 Å². The molecule has 2 unspecified atom stereocenters. The third-order valence-corrected chi connectivity index (χ3v) is 4.20. The number of hydrogen-bond acceptors (Lipinski definition) is 6. The Morgan fingerprint density at radius 3 is 3.20 bits per heavy atom. The first-order valence-corrected chi connectivity index (χ1v) is 7.18. The summed E-state index contributed by atoms with van der Waals surface area (Å²) in [5.41, 5.74) is 0. The van der Waals surface area contributed by atoms with Gasteiger partial charge in [-0.15, -0.1) is 0 Å². The molecule has 0 spiro atoms. The van der Waals surface area contributed by atoms with E-state index < -0.39 is 5.97 Å². The van der Waals surface area contributed by atoms with Gasteiger partial charge in [0.1, 0.15) is 5.82 Å². The summed E-state index contributed by atoms with van der Waals surface area (Å²) in [5, 5.41) is 3.43. The second-order valence-corrected chi connectivity index (χ2v) is 5.45. The van der Waals surface area contributed by atoms with Gasteiger partial charge in [0, 0.05) is 24.8 Å². The van der Waals surface area contributed by atoms with E-state index in [1.807, 2.05) is 0 Å². The third-order valence-electron chi connectivity index (χ3n) is 4.20. The van der Waals surface area contributed by atoms with E-state index in [4.69, 9.17) is 0 Å². The number of anilines is 1. The number of carbonyl (C=O) groups excluding carboxylic acids is 1. The smallest absolute Gasteiger partial charge is 0.376 e. The van der Waals surface area contributed by atoms with E-state index >= 15 is 0 Å². The fourth-order valence-electron chi connectivity index (χ4n) is 3.19. The van der Waals surface area contributed by atoms with Crippen LogP contribution in [0.5, 0.6) is 0 Å². The Morgan fingerprint density at radius 2 is 2.35 bits per heavy atom. The summed E-state index contributed by atoms with van der Waals surface area (Å²) in [4.78, 5) is 22.1. The molecule has 0 saturated carbocycles. The second kappa shape index (κ2) is 5.75. The van der Waals surface area contributed by atoms with Crippen molar-refractivity contribution in [2.24, 2.45) is 0 Å². The van der Waals surface area contributed by atoms with Crippen molar-refractivity contribution < 1.29 is 9.53 Å². The number of ether oxygens (including phenoxy) is 1. The summed E-state index contributed by atoms with van der Waals surface area (Å²) in [5.74, 6) is 0.312. The van der Waals surface area contributed by atoms with Crippen molar-refractivity contribution in [1.82, 2.24) is 14.9 Å². The van der Waals surface area contributed by atoms with Gasteiger partial charge in [-0.05, 0) is 38.3 Å². The van der Waals surface area contributed by atoms with Crippen LogP contribution in [0.4, 0.5) is 5.82 Å². The standard InChI is InChI=1S/C14H20N4O2/c1-20-14(19)13-15-6-4-12(17-13)16-10-5-8-18-7-2-3-11(18)9-10/h4,6,10-11H,2-3,5,7-9H2,1H3,(H,15,16,17). The Morgan fingerprint density at radius 1 is 1.45 bits per heavy atom. The highest BCUT2D eigenvalue weighted by Gasteiger charge is 2.31. The molecule has 0 bridgehead atoms. The fraction of sp³-hybridized carbons (Fsp3) is 0.643. The summed E-state index contributed by atoms with van der Waals surface area (Å²) in [6.07, 6.45) is 6.48. The molecule has 1 aromatic rings. The van der Waals surface area contributed by atoms with Crippen molar-refractivity contribution >= 4 is 11.8 Å². The number of nitrogens with zero attached hydrogens (tertiary/aromatic N) is 3. The normalized spacial score (nSPS) is 26.1. The van der Waals surface area contributed by atoms with E-state index in [0.29, 0.717) is 17.9 Å². The lowest BCUT2D eigenvalue weighted by molar-refractivity contribution is 0.0587. The average Bonchev–Trinajstić information content (AvgIpc) is 2.94. The molecule has 0 aliphatic carbocycles. The van der Waals surface area contributed by atoms with Crippen LogP contribution in [-0.2, 0) is 4.74 Å². The first kappa shape index (κ1) is 13.3. The lowest BCUT2D eigenvalue weighted by Gasteiger charge is -2.35. The molecule has 1 aromatic heterocycles. The van der Waals surface area contributed by atoms with Crippen LogP contribution in [0.3, 0.4) is 0 Å². The van der Waals surface area contributed by atoms with Gasteiger partial charge in [-0.2, -0.15) is 0 Å². The molecule has 6 nitrogen and oxygen atoms in total. The van der Waals surface area contributed by atoms with Gasteiger partial charge in [0.25, 0.3) is 0 Å². The number of rotatable bonds is 3. The van der Waals surface area contributed by atoms with Crippen LogP contribution in [0.15, 0.2) is 12.3 Å². The Balaban J connectivity index is 1.64. The molecule has 6 heteroatoms. The van der Waals surface area contributed by atoms with Gasteiger partial charge in [0.05, 0.1) is 7.11 Å². The van der Waals surface area contributed by atoms with Crippen molar-refractivity contribution in [3.05, 3.63) is 18.1 Å². The van der Waals surface area contributed by atoms with Crippen molar-refractivity contribution in [2.75, 3.05) is 25.5 Å². The average molecular weight is 276 g/mol. The zero-order valence-electron chi connectivity index (χ0n) is 11.7. The minimum absolute atomic E-state index is 0.107. The number of nitrogens with one attached hydrogen (secondary N) is 1. The number of fused-ring (bicyclic) bond motifs is 1. The van der Waals surface area contributed by atoms with Gasteiger partial charge >= 0.3 is 5.97 Å². The minimum Gasteiger partial charge on any atom is -0.463 e. The number of esters is 1. The van der Waals surface area contributed by atoms with Crippen LogP contribution >= 0.6 is 0 Å². The fourth-order valence-corrected chi connectivity index (χ4v) is 3.19. The highest BCUT2D eigenvalue weighted by molar-refractivity contribution is 5.85. The molecule has 2 fully saturated rings. The topological polar surface area (TPSA) is 67.3 Å². The SMILES string of the molecule is COC(=O)c1nccc(NC2CCN3CCCC3C2)n1. The van der Waals surface area contributed by atoms with Crippen molar-refractivity contribution in [2.45, 2.75) is 37.8 Å². The molecular formula is C14H20N4O2. The second-order valence-electron chi connectivity index (χ2n) is 5.45. The predicted molar refractivity (Wildman–Crippen MR) is 74.6 cm³/mol. The van der Waals surface area contributed by atoms with Crippen molar-refractivity contribution in [3.63, 3.8) is 0 Å². The predicted octanol–water partition coefficient (Wildman–Crippen LogP) is 1.30. The summed E-state index contributed by atoms with van der Waals surface area (Å²) >= 11 is 0. The Labute approximate surface area is 118 Å². The first-order valence-electron chi connectivity index (χ1n) is 7.18. The Hall–Kier alpha value is -1.69. The van der Waals surface area contributed by atoms with Gasteiger partial charge in [-0.25, -0.2) is 14.8 Å². The van der Waals surface area contributed by atoms with E-state index in [1.54, 1.807) is 12.3 Å².